The lowest BCUT2D eigenvalue weighted by atomic mass is 10.1. The minimum absolute atomic E-state index is 0.0495. The van der Waals surface area contributed by atoms with E-state index in [1.165, 1.54) is 49.6 Å². The summed E-state index contributed by atoms with van der Waals surface area (Å²) in [7, 11) is 0. The number of nitrogens with zero attached hydrogens (tertiary/aromatic N) is 2. The van der Waals surface area contributed by atoms with Crippen molar-refractivity contribution < 1.29 is 28.8 Å². The maximum Gasteiger partial charge on any atom is 0.335 e. The number of halogens is 1. The highest BCUT2D eigenvalue weighted by atomic mass is 35.5. The van der Waals surface area contributed by atoms with Gasteiger partial charge in [-0.05, 0) is 43.2 Å². The number of anilines is 1. The highest BCUT2D eigenvalue weighted by Crippen LogP contribution is 2.38. The Morgan fingerprint density at radius 3 is 2.47 bits per heavy atom. The summed E-state index contributed by atoms with van der Waals surface area (Å²) in [6.07, 6.45) is 7.93. The summed E-state index contributed by atoms with van der Waals surface area (Å²) in [6, 6.07) is 7.11. The van der Waals surface area contributed by atoms with E-state index < -0.39 is 22.8 Å². The van der Waals surface area contributed by atoms with Crippen LogP contribution in [0.5, 0.6) is 11.5 Å². The predicted molar refractivity (Wildman–Crippen MR) is 144 cm³/mol. The molecule has 10 nitrogen and oxygen atoms in total. The molecule has 1 fully saturated rings. The maximum absolute atomic E-state index is 13.2. The topological polar surface area (TPSA) is 128 Å². The fourth-order valence-corrected chi connectivity index (χ4v) is 4.21. The molecule has 0 aromatic heterocycles. The number of unbranched alkanes of at least 4 members (excludes halogenated alkanes) is 5. The smallest absolute Gasteiger partial charge is 0.335 e. The Balaban J connectivity index is 1.85. The van der Waals surface area contributed by atoms with Crippen LogP contribution in [-0.2, 0) is 9.59 Å². The lowest BCUT2D eigenvalue weighted by molar-refractivity contribution is -0.384. The van der Waals surface area contributed by atoms with Crippen LogP contribution in [0.2, 0.25) is 5.02 Å². The number of amides is 4. The van der Waals surface area contributed by atoms with Crippen LogP contribution in [0.15, 0.2) is 42.0 Å². The van der Waals surface area contributed by atoms with Crippen molar-refractivity contribution in [1.82, 2.24) is 5.32 Å². The predicted octanol–water partition coefficient (Wildman–Crippen LogP) is 6.05. The van der Waals surface area contributed by atoms with Gasteiger partial charge in [0.25, 0.3) is 17.5 Å². The summed E-state index contributed by atoms with van der Waals surface area (Å²) in [5, 5.41) is 13.5. The van der Waals surface area contributed by atoms with Crippen LogP contribution < -0.4 is 19.7 Å². The van der Waals surface area contributed by atoms with E-state index in [9.17, 15) is 24.5 Å². The fourth-order valence-electron chi connectivity index (χ4n) is 3.94. The van der Waals surface area contributed by atoms with Crippen molar-refractivity contribution in [3.8, 4) is 11.5 Å². The van der Waals surface area contributed by atoms with Gasteiger partial charge >= 0.3 is 6.03 Å². The molecule has 2 aromatic rings. The fraction of sp³-hybridized carbons (Fsp3) is 0.370. The Labute approximate surface area is 225 Å². The molecule has 0 unspecified atom stereocenters. The SMILES string of the molecule is CCCCCCCCOc1c(Cl)cc(/C=C2/C(=O)NC(=O)N(c3cccc([N+](=O)[O-])c3)C2=O)cc1OCC. The third-order valence-electron chi connectivity index (χ3n) is 5.79. The summed E-state index contributed by atoms with van der Waals surface area (Å²) >= 11 is 6.49. The molecule has 2 aromatic carbocycles. The maximum atomic E-state index is 13.2. The van der Waals surface area contributed by atoms with Gasteiger partial charge in [-0.25, -0.2) is 9.69 Å². The number of hydrogen-bond donors (Lipinski definition) is 1. The van der Waals surface area contributed by atoms with Crippen LogP contribution in [0, 0.1) is 10.1 Å². The van der Waals surface area contributed by atoms with E-state index >= 15 is 0 Å². The zero-order valence-corrected chi connectivity index (χ0v) is 22.1. The number of nitrogens with one attached hydrogen (secondary N) is 1. The Hall–Kier alpha value is -3.92. The number of benzene rings is 2. The van der Waals surface area contributed by atoms with Crippen LogP contribution >= 0.6 is 11.6 Å². The molecule has 0 spiro atoms. The molecule has 1 N–H and O–H groups in total. The zero-order valence-electron chi connectivity index (χ0n) is 21.3. The van der Waals surface area contributed by atoms with Crippen molar-refractivity contribution in [3.05, 3.63) is 62.7 Å². The monoisotopic (exact) mass is 543 g/mol. The summed E-state index contributed by atoms with van der Waals surface area (Å²) in [6.45, 7) is 4.77. The molecule has 0 saturated carbocycles. The Morgan fingerprint density at radius 2 is 1.76 bits per heavy atom. The molecule has 11 heteroatoms. The molecule has 4 amide bonds. The van der Waals surface area contributed by atoms with Gasteiger partial charge in [-0.3, -0.25) is 25.0 Å². The molecule has 1 heterocycles. The number of rotatable bonds is 13. The van der Waals surface area contributed by atoms with Gasteiger partial charge in [-0.1, -0.05) is 56.7 Å². The standard InChI is InChI=1S/C27H30ClN3O7/c1-3-5-6-7-8-9-13-38-24-22(28)15-18(16-23(24)37-4-2)14-21-25(32)29-27(34)30(26(21)33)19-11-10-12-20(17-19)31(35)36/h10-12,14-17H,3-9,13H2,1-2H3,(H,29,32,34)/b21-14-. The molecule has 3 rings (SSSR count). The van der Waals surface area contributed by atoms with Crippen molar-refractivity contribution in [2.24, 2.45) is 0 Å². The van der Waals surface area contributed by atoms with E-state index in [-0.39, 0.29) is 22.0 Å². The second-order valence-electron chi connectivity index (χ2n) is 8.61. The first-order chi connectivity index (χ1) is 18.3. The number of non-ortho nitro benzene ring substituents is 1. The number of barbiturate groups is 1. The van der Waals surface area contributed by atoms with Crippen LogP contribution in [0.4, 0.5) is 16.2 Å². The van der Waals surface area contributed by atoms with Crippen LogP contribution in [0.25, 0.3) is 6.08 Å². The highest BCUT2D eigenvalue weighted by molar-refractivity contribution is 6.39. The summed E-state index contributed by atoms with van der Waals surface area (Å²) < 4.78 is 11.6. The number of ether oxygens (including phenoxy) is 2. The van der Waals surface area contributed by atoms with E-state index in [1.54, 1.807) is 13.0 Å². The summed E-state index contributed by atoms with van der Waals surface area (Å²) in [4.78, 5) is 49.3. The number of nitro benzene ring substituents is 1. The first kappa shape index (κ1) is 28.6. The van der Waals surface area contributed by atoms with Crippen LogP contribution in [-0.4, -0.2) is 36.0 Å². The van der Waals surface area contributed by atoms with E-state index in [2.05, 4.69) is 12.2 Å². The van der Waals surface area contributed by atoms with E-state index in [0.717, 1.165) is 25.3 Å². The van der Waals surface area contributed by atoms with Gasteiger partial charge in [-0.15, -0.1) is 0 Å². The van der Waals surface area contributed by atoms with Gasteiger partial charge in [0.1, 0.15) is 5.57 Å². The van der Waals surface area contributed by atoms with Gasteiger partial charge < -0.3 is 9.47 Å². The number of carbonyl (C=O) groups excluding carboxylic acids is 3. The number of urea groups is 1. The normalized spacial score (nSPS) is 14.6. The molecular weight excluding hydrogens is 514 g/mol. The van der Waals surface area contributed by atoms with Crippen molar-refractivity contribution in [1.29, 1.82) is 0 Å². The van der Waals surface area contributed by atoms with E-state index in [0.29, 0.717) is 35.2 Å². The second kappa shape index (κ2) is 13.6. The minimum Gasteiger partial charge on any atom is -0.490 e. The van der Waals surface area contributed by atoms with E-state index in [1.807, 2.05) is 0 Å². The molecule has 38 heavy (non-hydrogen) atoms. The lowest BCUT2D eigenvalue weighted by Gasteiger charge is -2.26. The average molecular weight is 544 g/mol. The van der Waals surface area contributed by atoms with Gasteiger partial charge in [0.15, 0.2) is 11.5 Å². The first-order valence-corrected chi connectivity index (χ1v) is 12.9. The third-order valence-corrected chi connectivity index (χ3v) is 6.07. The van der Waals surface area contributed by atoms with Crippen molar-refractivity contribution in [3.63, 3.8) is 0 Å². The average Bonchev–Trinajstić information content (AvgIpc) is 2.87. The van der Waals surface area contributed by atoms with Crippen LogP contribution in [0.3, 0.4) is 0 Å². The summed E-state index contributed by atoms with van der Waals surface area (Å²) in [5.41, 5.74) is -0.339. The van der Waals surface area contributed by atoms with Crippen molar-refractivity contribution >= 4 is 46.9 Å². The van der Waals surface area contributed by atoms with E-state index in [4.69, 9.17) is 21.1 Å². The van der Waals surface area contributed by atoms with Crippen molar-refractivity contribution in [2.75, 3.05) is 18.1 Å². The molecule has 202 valence electrons. The zero-order chi connectivity index (χ0) is 27.7. The van der Waals surface area contributed by atoms with Crippen LogP contribution in [0.1, 0.15) is 57.9 Å². The molecule has 1 aliphatic rings. The lowest BCUT2D eigenvalue weighted by Crippen LogP contribution is -2.54. The quantitative estimate of drug-likeness (QED) is 0.107. The molecule has 0 aliphatic carbocycles. The number of carbonyl (C=O) groups is 3. The third kappa shape index (κ3) is 7.10. The Bertz CT molecular complexity index is 1250. The highest BCUT2D eigenvalue weighted by Gasteiger charge is 2.37. The summed E-state index contributed by atoms with van der Waals surface area (Å²) in [5.74, 6) is -1.11. The molecule has 1 saturated heterocycles. The number of nitro groups is 1. The van der Waals surface area contributed by atoms with Gasteiger partial charge in [0, 0.05) is 12.1 Å². The van der Waals surface area contributed by atoms with Crippen molar-refractivity contribution in [2.45, 2.75) is 52.4 Å². The van der Waals surface area contributed by atoms with Gasteiger partial charge in [0.05, 0.1) is 28.8 Å². The number of hydrogen-bond acceptors (Lipinski definition) is 7. The van der Waals surface area contributed by atoms with Gasteiger partial charge in [-0.2, -0.15) is 0 Å². The largest absolute Gasteiger partial charge is 0.490 e. The molecule has 0 bridgehead atoms. The minimum atomic E-state index is -1.01. The Morgan fingerprint density at radius 1 is 1.03 bits per heavy atom. The number of imide groups is 2. The molecular formula is C27H30ClN3O7. The molecule has 0 atom stereocenters. The Kier molecular flexibility index (Phi) is 10.2. The van der Waals surface area contributed by atoms with Gasteiger partial charge in [0.2, 0.25) is 0 Å². The molecule has 1 aliphatic heterocycles. The molecule has 0 radical (unpaired) electrons. The first-order valence-electron chi connectivity index (χ1n) is 12.5. The second-order valence-corrected chi connectivity index (χ2v) is 9.02.